The van der Waals surface area contributed by atoms with Crippen molar-refractivity contribution in [3.63, 3.8) is 0 Å². The Hall–Kier alpha value is -5.58. The molecule has 0 fully saturated rings. The molecule has 0 radical (unpaired) electrons. The molecule has 0 amide bonds. The van der Waals surface area contributed by atoms with Gasteiger partial charge in [-0.3, -0.25) is 0 Å². The number of thiophene rings is 1. The van der Waals surface area contributed by atoms with Crippen LogP contribution in [0, 0.1) is 20.8 Å². The molecule has 0 aliphatic carbocycles. The maximum absolute atomic E-state index is 2.66. The van der Waals surface area contributed by atoms with Crippen molar-refractivity contribution in [1.29, 1.82) is 0 Å². The number of anilines is 2. The second-order valence-corrected chi connectivity index (χ2v) is 14.9. The van der Waals surface area contributed by atoms with E-state index >= 15 is 0 Å². The first-order valence-electron chi connectivity index (χ1n) is 17.1. The Balaban J connectivity index is 1.37. The fourth-order valence-electron chi connectivity index (χ4n) is 9.10. The van der Waals surface area contributed by atoms with Crippen LogP contribution in [0.4, 0.5) is 11.4 Å². The van der Waals surface area contributed by atoms with E-state index in [4.69, 9.17) is 0 Å². The molecule has 0 saturated carbocycles. The Morgan fingerprint density at radius 3 is 2.08 bits per heavy atom. The molecule has 0 spiro atoms. The molecule has 2 aliphatic rings. The van der Waals surface area contributed by atoms with Crippen molar-refractivity contribution in [2.24, 2.45) is 0 Å². The van der Waals surface area contributed by atoms with Gasteiger partial charge >= 0.3 is 6.85 Å². The van der Waals surface area contributed by atoms with Crippen molar-refractivity contribution in [2.45, 2.75) is 20.8 Å². The number of aryl methyl sites for hydroxylation is 3. The van der Waals surface area contributed by atoms with Crippen molar-refractivity contribution in [2.75, 3.05) is 4.81 Å². The third-order valence-electron chi connectivity index (χ3n) is 11.1. The molecule has 2 aromatic heterocycles. The molecule has 7 aromatic carbocycles. The second kappa shape index (κ2) is 9.75. The van der Waals surface area contributed by atoms with E-state index in [-0.39, 0.29) is 6.85 Å². The summed E-state index contributed by atoms with van der Waals surface area (Å²) >= 11 is 1.90. The van der Waals surface area contributed by atoms with Gasteiger partial charge in [0.2, 0.25) is 0 Å². The number of rotatable bonds is 2. The zero-order valence-corrected chi connectivity index (χ0v) is 28.4. The summed E-state index contributed by atoms with van der Waals surface area (Å²) in [6.07, 6.45) is 0. The highest BCUT2D eigenvalue weighted by Gasteiger charge is 2.44. The summed E-state index contributed by atoms with van der Waals surface area (Å²) < 4.78 is 5.24. The van der Waals surface area contributed by atoms with E-state index in [0.717, 1.165) is 0 Å². The average molecular weight is 643 g/mol. The second-order valence-electron chi connectivity index (χ2n) is 13.8. The topological polar surface area (TPSA) is 8.17 Å². The number of hydrogen-bond acceptors (Lipinski definition) is 2. The van der Waals surface area contributed by atoms with Gasteiger partial charge in [0.25, 0.3) is 0 Å². The van der Waals surface area contributed by atoms with Crippen LogP contribution in [0.25, 0.3) is 69.9 Å². The molecule has 0 unspecified atom stereocenters. The summed E-state index contributed by atoms with van der Waals surface area (Å²) in [6, 6.07) is 50.4. The number of para-hydroxylation sites is 3. The Morgan fingerprint density at radius 2 is 1.22 bits per heavy atom. The van der Waals surface area contributed by atoms with Crippen LogP contribution < -0.4 is 15.7 Å². The Kier molecular flexibility index (Phi) is 5.45. The lowest BCUT2D eigenvalue weighted by atomic mass is 9.43. The molecule has 0 atom stereocenters. The molecule has 230 valence electrons. The van der Waals surface area contributed by atoms with Crippen molar-refractivity contribution >= 4 is 82.5 Å². The molecule has 4 heteroatoms. The lowest BCUT2D eigenvalue weighted by Gasteiger charge is -2.43. The molecule has 49 heavy (non-hydrogen) atoms. The van der Waals surface area contributed by atoms with Gasteiger partial charge in [0.05, 0.1) is 11.0 Å². The Labute approximate surface area is 289 Å². The number of nitrogens with zero attached hydrogens (tertiary/aromatic N) is 2. The van der Waals surface area contributed by atoms with Crippen LogP contribution in [0.5, 0.6) is 0 Å². The quantitative estimate of drug-likeness (QED) is 0.170. The first kappa shape index (κ1) is 27.4. The van der Waals surface area contributed by atoms with E-state index in [2.05, 4.69) is 164 Å². The number of benzene rings is 7. The summed E-state index contributed by atoms with van der Waals surface area (Å²) in [5.41, 5.74) is 18.2. The van der Waals surface area contributed by atoms with Gasteiger partial charge in [-0.25, -0.2) is 0 Å². The molecular formula is C45H31BN2S. The minimum Gasteiger partial charge on any atom is -0.376 e. The average Bonchev–Trinajstić information content (AvgIpc) is 3.66. The van der Waals surface area contributed by atoms with Crippen molar-refractivity contribution in [3.05, 3.63) is 150 Å². The van der Waals surface area contributed by atoms with Gasteiger partial charge in [0.1, 0.15) is 0 Å². The fourth-order valence-corrected chi connectivity index (χ4v) is 10.2. The first-order chi connectivity index (χ1) is 24.1. The van der Waals surface area contributed by atoms with Gasteiger partial charge in [-0.15, -0.1) is 11.3 Å². The Morgan fingerprint density at radius 1 is 0.510 bits per heavy atom. The third kappa shape index (κ3) is 3.57. The molecule has 4 heterocycles. The molecule has 2 nitrogen and oxygen atoms in total. The smallest absolute Gasteiger partial charge is 0.333 e. The minimum absolute atomic E-state index is 0.0120. The van der Waals surface area contributed by atoms with Gasteiger partial charge in [0, 0.05) is 53.6 Å². The van der Waals surface area contributed by atoms with Gasteiger partial charge < -0.3 is 9.38 Å². The monoisotopic (exact) mass is 642 g/mol. The first-order valence-corrected chi connectivity index (χ1v) is 18.0. The summed E-state index contributed by atoms with van der Waals surface area (Å²) in [4.78, 5) is 2.66. The SMILES string of the molecule is Cc1ccccc1N1B2c3c(cc(-c4c(C)cccc4C)cc3-n3c4ccccc4c4cccc2c43)-c2cc3c(cc21)sc1ccccc13. The Bertz CT molecular complexity index is 2870. The lowest BCUT2D eigenvalue weighted by Crippen LogP contribution is -2.60. The number of fused-ring (bicyclic) bond motifs is 10. The molecule has 9 aromatic rings. The van der Waals surface area contributed by atoms with Crippen LogP contribution in [-0.2, 0) is 0 Å². The summed E-state index contributed by atoms with van der Waals surface area (Å²) in [7, 11) is 0. The van der Waals surface area contributed by atoms with E-state index in [9.17, 15) is 0 Å². The standard InChI is InChI=1S/C45H31BN2S/c1-26-12-4-7-19-37(26)48-39-25-42-34(31-16-6-9-21-41(31)49-42)24-33(39)35-22-29(43-27(2)13-10-14-28(43)3)23-40-44(35)46(48)36-18-11-17-32-30-15-5-8-20-38(30)47(40)45(32)36/h4-25H,1-3H3. The molecule has 2 aliphatic heterocycles. The zero-order chi connectivity index (χ0) is 32.5. The van der Waals surface area contributed by atoms with Crippen LogP contribution in [0.15, 0.2) is 133 Å². The lowest BCUT2D eigenvalue weighted by molar-refractivity contribution is 1.18. The third-order valence-corrected chi connectivity index (χ3v) is 12.3. The fraction of sp³-hybridized carbons (Fsp3) is 0.0667. The summed E-state index contributed by atoms with van der Waals surface area (Å²) in [5.74, 6) is 0. The van der Waals surface area contributed by atoms with Crippen molar-refractivity contribution in [3.8, 4) is 27.9 Å². The van der Waals surface area contributed by atoms with Crippen LogP contribution in [0.2, 0.25) is 0 Å². The van der Waals surface area contributed by atoms with E-state index < -0.39 is 0 Å². The number of hydrogen-bond donors (Lipinski definition) is 0. The van der Waals surface area contributed by atoms with Gasteiger partial charge in [-0.1, -0.05) is 91.0 Å². The normalized spacial score (nSPS) is 13.1. The highest BCUT2D eigenvalue weighted by Crippen LogP contribution is 2.49. The van der Waals surface area contributed by atoms with Crippen molar-refractivity contribution in [1.82, 2.24) is 4.57 Å². The number of aromatic nitrogens is 1. The maximum atomic E-state index is 2.66. The van der Waals surface area contributed by atoms with E-state index in [1.54, 1.807) is 0 Å². The van der Waals surface area contributed by atoms with Crippen LogP contribution in [0.3, 0.4) is 0 Å². The predicted octanol–water partition coefficient (Wildman–Crippen LogP) is 11.0. The largest absolute Gasteiger partial charge is 0.376 e. The molecular weight excluding hydrogens is 611 g/mol. The maximum Gasteiger partial charge on any atom is 0.333 e. The van der Waals surface area contributed by atoms with Gasteiger partial charge in [0.15, 0.2) is 0 Å². The minimum atomic E-state index is 0.0120. The van der Waals surface area contributed by atoms with Crippen LogP contribution in [-0.4, -0.2) is 11.4 Å². The molecule has 0 bridgehead atoms. The zero-order valence-electron chi connectivity index (χ0n) is 27.6. The highest BCUT2D eigenvalue weighted by molar-refractivity contribution is 7.25. The van der Waals surface area contributed by atoms with Gasteiger partial charge in [-0.2, -0.15) is 0 Å². The molecule has 0 N–H and O–H groups in total. The molecule has 11 rings (SSSR count). The van der Waals surface area contributed by atoms with E-state index in [1.807, 2.05) is 11.3 Å². The summed E-state index contributed by atoms with van der Waals surface area (Å²) in [5, 5.41) is 5.28. The highest BCUT2D eigenvalue weighted by atomic mass is 32.1. The van der Waals surface area contributed by atoms with Gasteiger partial charge in [-0.05, 0) is 108 Å². The van der Waals surface area contributed by atoms with Crippen molar-refractivity contribution < 1.29 is 0 Å². The van der Waals surface area contributed by atoms with Crippen LogP contribution >= 0.6 is 11.3 Å². The van der Waals surface area contributed by atoms with E-state index in [1.165, 1.54) is 109 Å². The molecule has 0 saturated heterocycles. The predicted molar refractivity (Wildman–Crippen MR) is 212 cm³/mol. The van der Waals surface area contributed by atoms with E-state index in [0.29, 0.717) is 0 Å². The summed E-state index contributed by atoms with van der Waals surface area (Å²) in [6.45, 7) is 6.78. The van der Waals surface area contributed by atoms with Crippen LogP contribution in [0.1, 0.15) is 16.7 Å².